The van der Waals surface area contributed by atoms with Crippen molar-refractivity contribution < 1.29 is 9.63 Å². The molecule has 0 aliphatic heterocycles. The second kappa shape index (κ2) is 8.55. The fourth-order valence-corrected chi connectivity index (χ4v) is 4.07. The van der Waals surface area contributed by atoms with E-state index < -0.39 is 0 Å². The molecule has 3 N–H and O–H groups in total. The van der Waals surface area contributed by atoms with Crippen LogP contribution >= 0.6 is 0 Å². The quantitative estimate of drug-likeness (QED) is 0.437. The molecular formula is C23H24N8O2. The average Bonchev–Trinajstić information content (AvgIpc) is 3.30. The van der Waals surface area contributed by atoms with Gasteiger partial charge in [0.2, 0.25) is 5.95 Å². The van der Waals surface area contributed by atoms with Gasteiger partial charge >= 0.3 is 0 Å². The summed E-state index contributed by atoms with van der Waals surface area (Å²) in [5.74, 6) is 1.93. The molecule has 0 radical (unpaired) electrons. The molecule has 3 aromatic heterocycles. The van der Waals surface area contributed by atoms with Gasteiger partial charge in [0, 0.05) is 31.5 Å². The molecule has 0 saturated heterocycles. The SMILES string of the molecule is CN(CCO)c1ccc(-c2nc(C3(c4ccc(-c5cnc(N)nc5)cc4)CCC3)no2)nn1. The lowest BCUT2D eigenvalue weighted by Gasteiger charge is -2.39. The molecule has 1 saturated carbocycles. The number of aliphatic hydroxyl groups excluding tert-OH is 1. The molecule has 33 heavy (non-hydrogen) atoms. The zero-order valence-corrected chi connectivity index (χ0v) is 18.2. The number of nitrogen functional groups attached to an aromatic ring is 1. The Kier molecular flexibility index (Phi) is 5.43. The number of hydrogen-bond acceptors (Lipinski definition) is 10. The maximum atomic E-state index is 9.08. The Morgan fingerprint density at radius 3 is 2.39 bits per heavy atom. The summed E-state index contributed by atoms with van der Waals surface area (Å²) in [4.78, 5) is 14.6. The van der Waals surface area contributed by atoms with E-state index in [2.05, 4.69) is 54.6 Å². The highest BCUT2D eigenvalue weighted by molar-refractivity contribution is 5.63. The first-order valence-corrected chi connectivity index (χ1v) is 10.8. The summed E-state index contributed by atoms with van der Waals surface area (Å²) in [6.45, 7) is 0.523. The van der Waals surface area contributed by atoms with E-state index in [0.717, 1.165) is 36.0 Å². The summed E-state index contributed by atoms with van der Waals surface area (Å²) >= 11 is 0. The molecule has 5 rings (SSSR count). The third-order valence-electron chi connectivity index (χ3n) is 6.20. The van der Waals surface area contributed by atoms with Crippen LogP contribution in [0.1, 0.15) is 30.7 Å². The van der Waals surface area contributed by atoms with Crippen LogP contribution in [0.25, 0.3) is 22.7 Å². The van der Waals surface area contributed by atoms with Gasteiger partial charge in [-0.2, -0.15) is 4.98 Å². The maximum absolute atomic E-state index is 9.08. The molecule has 0 amide bonds. The Bertz CT molecular complexity index is 1220. The number of rotatable bonds is 7. The second-order valence-electron chi connectivity index (χ2n) is 8.19. The zero-order valence-electron chi connectivity index (χ0n) is 18.2. The van der Waals surface area contributed by atoms with E-state index >= 15 is 0 Å². The highest BCUT2D eigenvalue weighted by Gasteiger charge is 2.44. The van der Waals surface area contributed by atoms with Gasteiger partial charge in [-0.1, -0.05) is 35.8 Å². The minimum Gasteiger partial charge on any atom is -0.395 e. The van der Waals surface area contributed by atoms with Gasteiger partial charge in [0.25, 0.3) is 5.89 Å². The fourth-order valence-electron chi connectivity index (χ4n) is 4.07. The highest BCUT2D eigenvalue weighted by Crippen LogP contribution is 2.48. The molecule has 1 aliphatic carbocycles. The summed E-state index contributed by atoms with van der Waals surface area (Å²) in [6.07, 6.45) is 6.44. The van der Waals surface area contributed by atoms with Crippen LogP contribution in [0.3, 0.4) is 0 Å². The number of nitrogens with two attached hydrogens (primary N) is 1. The van der Waals surface area contributed by atoms with Crippen LogP contribution < -0.4 is 10.6 Å². The van der Waals surface area contributed by atoms with Crippen LogP contribution in [0.5, 0.6) is 0 Å². The van der Waals surface area contributed by atoms with Crippen LogP contribution in [-0.2, 0) is 5.41 Å². The minimum atomic E-state index is -0.271. The lowest BCUT2D eigenvalue weighted by atomic mass is 9.64. The third kappa shape index (κ3) is 3.89. The highest BCUT2D eigenvalue weighted by atomic mass is 16.5. The maximum Gasteiger partial charge on any atom is 0.278 e. The van der Waals surface area contributed by atoms with Crippen LogP contribution in [0, 0.1) is 0 Å². The van der Waals surface area contributed by atoms with E-state index in [-0.39, 0.29) is 18.0 Å². The standard InChI is InChI=1S/C23H24N8O2/c1-31(11-12-32)19-8-7-18(28-29-19)20-27-21(30-33-20)23(9-2-10-23)17-5-3-15(4-6-17)16-13-25-22(24)26-14-16/h3-8,13-14,32H,2,9-12H2,1H3,(H2,24,25,26). The van der Waals surface area contributed by atoms with Crippen molar-refractivity contribution in [2.24, 2.45) is 0 Å². The Labute approximate surface area is 190 Å². The Morgan fingerprint density at radius 1 is 1.03 bits per heavy atom. The number of aromatic nitrogens is 6. The minimum absolute atomic E-state index is 0.0454. The van der Waals surface area contributed by atoms with E-state index in [1.807, 2.05) is 18.0 Å². The molecule has 3 heterocycles. The molecule has 1 aliphatic rings. The Morgan fingerprint density at radius 2 is 1.79 bits per heavy atom. The monoisotopic (exact) mass is 444 g/mol. The smallest absolute Gasteiger partial charge is 0.278 e. The number of hydrogen-bond donors (Lipinski definition) is 2. The van der Waals surface area contributed by atoms with Gasteiger partial charge in [0.15, 0.2) is 17.3 Å². The van der Waals surface area contributed by atoms with Gasteiger partial charge in [-0.3, -0.25) is 0 Å². The van der Waals surface area contributed by atoms with Gasteiger partial charge in [0.1, 0.15) is 0 Å². The van der Waals surface area contributed by atoms with Gasteiger partial charge in [-0.15, -0.1) is 10.2 Å². The predicted octanol–water partition coefficient (Wildman–Crippen LogP) is 2.46. The van der Waals surface area contributed by atoms with Crippen molar-refractivity contribution >= 4 is 11.8 Å². The molecular weight excluding hydrogens is 420 g/mol. The van der Waals surface area contributed by atoms with E-state index in [1.54, 1.807) is 18.5 Å². The predicted molar refractivity (Wildman–Crippen MR) is 122 cm³/mol. The van der Waals surface area contributed by atoms with Gasteiger partial charge in [-0.05, 0) is 36.1 Å². The normalized spacial score (nSPS) is 14.6. The lowest BCUT2D eigenvalue weighted by molar-refractivity contribution is 0.273. The molecule has 0 unspecified atom stereocenters. The summed E-state index contributed by atoms with van der Waals surface area (Å²) in [5, 5.41) is 21.8. The molecule has 4 aromatic rings. The number of nitrogens with zero attached hydrogens (tertiary/aromatic N) is 7. The van der Waals surface area contributed by atoms with Crippen molar-refractivity contribution in [2.75, 3.05) is 30.8 Å². The summed E-state index contributed by atoms with van der Waals surface area (Å²) < 4.78 is 5.56. The number of aliphatic hydroxyl groups is 1. The molecule has 1 aromatic carbocycles. The number of benzene rings is 1. The first kappa shape index (κ1) is 21.0. The molecule has 0 spiro atoms. The topological polar surface area (TPSA) is 140 Å². The van der Waals surface area contributed by atoms with E-state index in [0.29, 0.717) is 29.8 Å². The van der Waals surface area contributed by atoms with Crippen molar-refractivity contribution in [1.29, 1.82) is 0 Å². The molecule has 168 valence electrons. The van der Waals surface area contributed by atoms with Crippen LogP contribution in [-0.4, -0.2) is 55.6 Å². The number of likely N-dealkylation sites (N-methyl/N-ethyl adjacent to an activating group) is 1. The fraction of sp³-hybridized carbons (Fsp3) is 0.304. The van der Waals surface area contributed by atoms with E-state index in [9.17, 15) is 0 Å². The average molecular weight is 444 g/mol. The second-order valence-corrected chi connectivity index (χ2v) is 8.19. The van der Waals surface area contributed by atoms with Crippen LogP contribution in [0.15, 0.2) is 53.3 Å². The first-order chi connectivity index (χ1) is 16.1. The molecule has 1 fully saturated rings. The van der Waals surface area contributed by atoms with E-state index in [4.69, 9.17) is 15.4 Å². The first-order valence-electron chi connectivity index (χ1n) is 10.8. The lowest BCUT2D eigenvalue weighted by Crippen LogP contribution is -2.36. The van der Waals surface area contributed by atoms with Crippen molar-refractivity contribution in [2.45, 2.75) is 24.7 Å². The zero-order chi connectivity index (χ0) is 22.8. The summed E-state index contributed by atoms with van der Waals surface area (Å²) in [5.41, 5.74) is 8.91. The third-order valence-corrected chi connectivity index (χ3v) is 6.20. The molecule has 0 bridgehead atoms. The van der Waals surface area contributed by atoms with Crippen LogP contribution in [0.4, 0.5) is 11.8 Å². The van der Waals surface area contributed by atoms with E-state index in [1.165, 1.54) is 0 Å². The van der Waals surface area contributed by atoms with Crippen molar-refractivity contribution in [3.63, 3.8) is 0 Å². The largest absolute Gasteiger partial charge is 0.395 e. The van der Waals surface area contributed by atoms with Crippen molar-refractivity contribution in [3.8, 4) is 22.7 Å². The Balaban J connectivity index is 1.39. The molecule has 10 heteroatoms. The van der Waals surface area contributed by atoms with Gasteiger partial charge < -0.3 is 20.3 Å². The van der Waals surface area contributed by atoms with Crippen LogP contribution in [0.2, 0.25) is 0 Å². The summed E-state index contributed by atoms with van der Waals surface area (Å²) in [7, 11) is 1.84. The van der Waals surface area contributed by atoms with Crippen molar-refractivity contribution in [1.82, 2.24) is 30.3 Å². The molecule has 10 nitrogen and oxygen atoms in total. The number of anilines is 2. The van der Waals surface area contributed by atoms with Gasteiger partial charge in [-0.25, -0.2) is 9.97 Å². The summed E-state index contributed by atoms with van der Waals surface area (Å²) in [6, 6.07) is 11.9. The van der Waals surface area contributed by atoms with Crippen molar-refractivity contribution in [3.05, 3.63) is 60.2 Å². The molecule has 0 atom stereocenters. The van der Waals surface area contributed by atoms with Gasteiger partial charge in [0.05, 0.1) is 12.0 Å². The Hall–Kier alpha value is -3.92.